The van der Waals surface area contributed by atoms with Crippen molar-refractivity contribution < 1.29 is 18.3 Å². The molecule has 0 spiro atoms. The molecule has 1 aromatic heterocycles. The molecule has 2 aliphatic rings. The van der Waals surface area contributed by atoms with Gasteiger partial charge in [-0.2, -0.15) is 13.2 Å². The molecule has 1 saturated carbocycles. The van der Waals surface area contributed by atoms with Crippen molar-refractivity contribution in [3.05, 3.63) is 66.0 Å². The van der Waals surface area contributed by atoms with E-state index in [-0.39, 0.29) is 16.7 Å². The van der Waals surface area contributed by atoms with Gasteiger partial charge < -0.3 is 10.0 Å². The number of alkyl halides is 3. The summed E-state index contributed by atoms with van der Waals surface area (Å²) in [4.78, 5) is 12.2. The summed E-state index contributed by atoms with van der Waals surface area (Å²) in [6, 6.07) is 14.0. The van der Waals surface area contributed by atoms with Crippen LogP contribution in [0.3, 0.4) is 0 Å². The summed E-state index contributed by atoms with van der Waals surface area (Å²) in [6.07, 6.45) is 1.92. The van der Waals surface area contributed by atoms with Crippen LogP contribution in [0.1, 0.15) is 83.8 Å². The molecule has 1 aliphatic carbocycles. The number of aliphatic hydroxyl groups is 1. The molecule has 232 valence electrons. The molecule has 2 aromatic carbocycles. The van der Waals surface area contributed by atoms with Crippen molar-refractivity contribution in [3.63, 3.8) is 0 Å². The number of benzene rings is 2. The van der Waals surface area contributed by atoms with Crippen LogP contribution < -0.4 is 4.90 Å². The van der Waals surface area contributed by atoms with E-state index in [2.05, 4.69) is 28.7 Å². The number of anilines is 1. The second-order valence-electron chi connectivity index (χ2n) is 13.4. The average molecular weight is 612 g/mol. The first-order valence-electron chi connectivity index (χ1n) is 15.6. The summed E-state index contributed by atoms with van der Waals surface area (Å²) in [7, 11) is 0. The summed E-state index contributed by atoms with van der Waals surface area (Å²) < 4.78 is 43.1. The van der Waals surface area contributed by atoms with Crippen LogP contribution in [0.5, 0.6) is 0 Å². The van der Waals surface area contributed by atoms with Crippen LogP contribution >= 0.6 is 11.8 Å². The number of aromatic nitrogens is 2. The van der Waals surface area contributed by atoms with Gasteiger partial charge in [-0.05, 0) is 92.4 Å². The smallest absolute Gasteiger partial charge is 0.390 e. The summed E-state index contributed by atoms with van der Waals surface area (Å²) in [5.74, 6) is 2.70. The fourth-order valence-corrected chi connectivity index (χ4v) is 8.29. The fraction of sp³-hybridized carbons (Fsp3) is 0.543. The third-order valence-electron chi connectivity index (χ3n) is 9.66. The minimum absolute atomic E-state index is 0.178. The van der Waals surface area contributed by atoms with Crippen LogP contribution in [0, 0.1) is 23.7 Å². The molecule has 4 unspecified atom stereocenters. The van der Waals surface area contributed by atoms with Gasteiger partial charge in [0.15, 0.2) is 0 Å². The van der Waals surface area contributed by atoms with E-state index in [0.29, 0.717) is 29.0 Å². The highest BCUT2D eigenvalue weighted by atomic mass is 32.2. The first-order chi connectivity index (χ1) is 20.3. The Morgan fingerprint density at radius 3 is 2.49 bits per heavy atom. The lowest BCUT2D eigenvalue weighted by atomic mass is 9.63. The lowest BCUT2D eigenvalue weighted by molar-refractivity contribution is -0.139. The molecule has 0 amide bonds. The molecular weight excluding hydrogens is 567 g/mol. The second kappa shape index (κ2) is 12.8. The van der Waals surface area contributed by atoms with E-state index in [1.165, 1.54) is 12.4 Å². The Morgan fingerprint density at radius 1 is 1.00 bits per heavy atom. The highest BCUT2D eigenvalue weighted by molar-refractivity contribution is 7.99. The summed E-state index contributed by atoms with van der Waals surface area (Å²) in [6.45, 7) is 12.2. The Morgan fingerprint density at radius 2 is 1.77 bits per heavy atom. The molecule has 2 fully saturated rings. The number of halogens is 3. The molecule has 43 heavy (non-hydrogen) atoms. The first kappa shape index (κ1) is 31.8. The van der Waals surface area contributed by atoms with Crippen LogP contribution in [0.2, 0.25) is 0 Å². The number of nitrogens with zero attached hydrogens (tertiary/aromatic N) is 3. The Hall–Kier alpha value is -2.58. The summed E-state index contributed by atoms with van der Waals surface area (Å²) in [5, 5.41) is 11.3. The predicted octanol–water partition coefficient (Wildman–Crippen LogP) is 9.48. The van der Waals surface area contributed by atoms with Gasteiger partial charge in [-0.1, -0.05) is 63.7 Å². The Labute approximate surface area is 258 Å². The molecule has 1 N–H and O–H groups in total. The molecule has 3 aromatic rings. The normalized spacial score (nSPS) is 25.0. The highest BCUT2D eigenvalue weighted by Crippen LogP contribution is 2.46. The lowest BCUT2D eigenvalue weighted by Crippen LogP contribution is -2.49. The van der Waals surface area contributed by atoms with E-state index in [4.69, 9.17) is 0 Å². The van der Waals surface area contributed by atoms with Crippen LogP contribution in [-0.4, -0.2) is 33.8 Å². The molecule has 4 atom stereocenters. The van der Waals surface area contributed by atoms with Crippen molar-refractivity contribution in [2.24, 2.45) is 23.7 Å². The van der Waals surface area contributed by atoms with Crippen LogP contribution in [0.15, 0.2) is 64.6 Å². The van der Waals surface area contributed by atoms with E-state index >= 15 is 0 Å². The highest BCUT2D eigenvalue weighted by Gasteiger charge is 2.44. The molecule has 2 heterocycles. The third kappa shape index (κ3) is 7.22. The fourth-order valence-electron chi connectivity index (χ4n) is 7.06. The monoisotopic (exact) mass is 611 g/mol. The van der Waals surface area contributed by atoms with Crippen molar-refractivity contribution in [2.45, 2.75) is 94.2 Å². The second-order valence-corrected chi connectivity index (χ2v) is 14.4. The number of piperidine rings is 1. The van der Waals surface area contributed by atoms with Crippen LogP contribution in [-0.2, 0) is 6.18 Å². The van der Waals surface area contributed by atoms with E-state index in [1.54, 1.807) is 12.1 Å². The summed E-state index contributed by atoms with van der Waals surface area (Å²) in [5.41, 5.74) is 0.576. The minimum atomic E-state index is -4.51. The van der Waals surface area contributed by atoms with Gasteiger partial charge in [0.25, 0.3) is 0 Å². The number of hydrogen-bond acceptors (Lipinski definition) is 5. The first-order valence-corrected chi connectivity index (χ1v) is 16.4. The van der Waals surface area contributed by atoms with Gasteiger partial charge in [-0.3, -0.25) is 0 Å². The summed E-state index contributed by atoms with van der Waals surface area (Å²) >= 11 is 1.16. The average Bonchev–Trinajstić information content (AvgIpc) is 2.97. The van der Waals surface area contributed by atoms with Crippen molar-refractivity contribution in [1.82, 2.24) is 9.97 Å². The molecule has 1 saturated heterocycles. The maximum atomic E-state index is 14.4. The minimum Gasteiger partial charge on any atom is -0.390 e. The molecule has 0 radical (unpaired) electrons. The zero-order valence-corrected chi connectivity index (χ0v) is 26.7. The molecule has 5 rings (SSSR count). The molecule has 1 aliphatic heterocycles. The van der Waals surface area contributed by atoms with Gasteiger partial charge in [-0.25, -0.2) is 9.97 Å². The predicted molar refractivity (Wildman–Crippen MR) is 168 cm³/mol. The zero-order chi connectivity index (χ0) is 30.9. The van der Waals surface area contributed by atoms with E-state index < -0.39 is 17.3 Å². The van der Waals surface area contributed by atoms with E-state index in [0.717, 1.165) is 73.2 Å². The van der Waals surface area contributed by atoms with E-state index in [9.17, 15) is 18.3 Å². The SMILES string of the molecule is CC(C)c1ccccc1Sc1ccc(-c2cc(N3CCCC(C4CC(C(C)C)CCC4(C)O)C3)ncn2)cc1C(F)(F)F. The van der Waals surface area contributed by atoms with Gasteiger partial charge in [-0.15, -0.1) is 0 Å². The van der Waals surface area contributed by atoms with Crippen molar-refractivity contribution in [3.8, 4) is 11.3 Å². The van der Waals surface area contributed by atoms with Crippen molar-refractivity contribution >= 4 is 17.6 Å². The van der Waals surface area contributed by atoms with Gasteiger partial charge in [0, 0.05) is 34.5 Å². The Balaban J connectivity index is 1.40. The largest absolute Gasteiger partial charge is 0.417 e. The number of rotatable bonds is 7. The molecule has 4 nitrogen and oxygen atoms in total. The van der Waals surface area contributed by atoms with Gasteiger partial charge in [0.2, 0.25) is 0 Å². The Kier molecular flexibility index (Phi) is 9.48. The quantitative estimate of drug-likeness (QED) is 0.288. The molecule has 8 heteroatoms. The maximum Gasteiger partial charge on any atom is 0.417 e. The maximum absolute atomic E-state index is 14.4. The molecule has 0 bridgehead atoms. The van der Waals surface area contributed by atoms with Crippen LogP contribution in [0.4, 0.5) is 19.0 Å². The van der Waals surface area contributed by atoms with Crippen molar-refractivity contribution in [1.29, 1.82) is 0 Å². The third-order valence-corrected chi connectivity index (χ3v) is 10.8. The van der Waals surface area contributed by atoms with Gasteiger partial charge >= 0.3 is 6.18 Å². The van der Waals surface area contributed by atoms with Gasteiger partial charge in [0.05, 0.1) is 16.9 Å². The topological polar surface area (TPSA) is 49.2 Å². The Bertz CT molecular complexity index is 1410. The lowest BCUT2D eigenvalue weighted by Gasteiger charge is -2.48. The van der Waals surface area contributed by atoms with E-state index in [1.807, 2.05) is 51.1 Å². The standard InChI is InChI=1S/C35H44F3N3OS/c1-22(2)24-14-15-34(5,42)28(17-24)26-9-8-16-41(20-26)33-19-30(39-21-40-33)25-12-13-32(29(18-25)35(36,37)38)43-31-11-7-6-10-27(31)23(3)4/h6-7,10-13,18-19,21-24,26,28,42H,8-9,14-17,20H2,1-5H3. The number of hydrogen-bond donors (Lipinski definition) is 1. The zero-order valence-electron chi connectivity index (χ0n) is 25.9. The van der Waals surface area contributed by atoms with Crippen LogP contribution in [0.25, 0.3) is 11.3 Å². The molecular formula is C35H44F3N3OS. The van der Waals surface area contributed by atoms with Crippen molar-refractivity contribution in [2.75, 3.05) is 18.0 Å². The van der Waals surface area contributed by atoms with Gasteiger partial charge in [0.1, 0.15) is 12.1 Å².